The first-order valence-corrected chi connectivity index (χ1v) is 11.4. The smallest absolute Gasteiger partial charge is 0.246 e. The number of hydrogen-bond donors (Lipinski definition) is 1. The quantitative estimate of drug-likeness (QED) is 0.606. The predicted octanol–water partition coefficient (Wildman–Crippen LogP) is 3.67. The van der Waals surface area contributed by atoms with Gasteiger partial charge in [-0.25, -0.2) is 0 Å². The molecule has 2 amide bonds. The molecule has 0 saturated carbocycles. The summed E-state index contributed by atoms with van der Waals surface area (Å²) in [7, 11) is 0. The number of carbonyl (C=O) groups excluding carboxylic acids is 2. The number of hydrogen-bond acceptors (Lipinski definition) is 3. The molecule has 32 heavy (non-hydrogen) atoms. The topological polar surface area (TPSA) is 65.6 Å². The molecule has 5 rings (SSSR count). The average molecular weight is 432 g/mol. The second-order valence-corrected chi connectivity index (χ2v) is 8.93. The van der Waals surface area contributed by atoms with Crippen LogP contribution in [0.4, 0.5) is 0 Å². The third kappa shape index (κ3) is 3.58. The van der Waals surface area contributed by atoms with Crippen molar-refractivity contribution in [3.63, 3.8) is 0 Å². The van der Waals surface area contributed by atoms with E-state index in [1.54, 1.807) is 4.90 Å². The minimum absolute atomic E-state index is 0.00228. The van der Waals surface area contributed by atoms with Crippen molar-refractivity contribution in [1.82, 2.24) is 14.8 Å². The van der Waals surface area contributed by atoms with Gasteiger partial charge < -0.3 is 19.5 Å². The number of nitrogens with one attached hydrogen (secondary N) is 1. The zero-order valence-corrected chi connectivity index (χ0v) is 18.6. The van der Waals surface area contributed by atoms with Crippen LogP contribution in [0.3, 0.4) is 0 Å². The summed E-state index contributed by atoms with van der Waals surface area (Å²) in [6.07, 6.45) is 1.42. The van der Waals surface area contributed by atoms with E-state index in [2.05, 4.69) is 17.1 Å². The van der Waals surface area contributed by atoms with Gasteiger partial charge in [0.1, 0.15) is 6.04 Å². The summed E-state index contributed by atoms with van der Waals surface area (Å²) in [5, 5.41) is 1.13. The highest BCUT2D eigenvalue weighted by Gasteiger charge is 2.47. The first-order valence-electron chi connectivity index (χ1n) is 11.4. The van der Waals surface area contributed by atoms with E-state index in [4.69, 9.17) is 4.74 Å². The van der Waals surface area contributed by atoms with Crippen molar-refractivity contribution in [1.29, 1.82) is 0 Å². The van der Waals surface area contributed by atoms with Crippen molar-refractivity contribution in [3.05, 3.63) is 71.4 Å². The lowest BCUT2D eigenvalue weighted by Gasteiger charge is -2.47. The molecule has 0 unspecified atom stereocenters. The number of piperazine rings is 1. The summed E-state index contributed by atoms with van der Waals surface area (Å²) in [6, 6.07) is 17.4. The van der Waals surface area contributed by atoms with Gasteiger partial charge in [0.15, 0.2) is 0 Å². The molecule has 2 aromatic carbocycles. The van der Waals surface area contributed by atoms with E-state index in [0.717, 1.165) is 34.1 Å². The van der Waals surface area contributed by atoms with Gasteiger partial charge in [0, 0.05) is 36.2 Å². The van der Waals surface area contributed by atoms with Gasteiger partial charge in [0.25, 0.3) is 0 Å². The van der Waals surface area contributed by atoms with Crippen molar-refractivity contribution in [2.45, 2.75) is 44.9 Å². The number of aromatic amines is 1. The number of rotatable bonds is 6. The summed E-state index contributed by atoms with van der Waals surface area (Å²) in [5.41, 5.74) is 4.22. The van der Waals surface area contributed by atoms with Crippen LogP contribution in [-0.2, 0) is 20.7 Å². The maximum absolute atomic E-state index is 13.6. The average Bonchev–Trinajstić information content (AvgIpc) is 3.17. The van der Waals surface area contributed by atoms with Crippen LogP contribution in [0.15, 0.2) is 54.6 Å². The second kappa shape index (κ2) is 8.43. The van der Waals surface area contributed by atoms with E-state index >= 15 is 0 Å². The van der Waals surface area contributed by atoms with Crippen molar-refractivity contribution < 1.29 is 14.3 Å². The molecule has 1 N–H and O–H groups in total. The third-order valence-electron chi connectivity index (χ3n) is 6.48. The van der Waals surface area contributed by atoms with Gasteiger partial charge in [0.05, 0.1) is 18.7 Å². The largest absolute Gasteiger partial charge is 0.379 e. The Morgan fingerprint density at radius 3 is 2.59 bits per heavy atom. The lowest BCUT2D eigenvalue weighted by Crippen LogP contribution is -2.63. The zero-order chi connectivity index (χ0) is 22.2. The van der Waals surface area contributed by atoms with Crippen molar-refractivity contribution in [2.75, 3.05) is 19.7 Å². The minimum Gasteiger partial charge on any atom is -0.379 e. The Hall–Kier alpha value is -3.12. The third-order valence-corrected chi connectivity index (χ3v) is 6.48. The minimum atomic E-state index is -0.487. The number of carbonyl (C=O) groups is 2. The zero-order valence-electron chi connectivity index (χ0n) is 18.6. The van der Waals surface area contributed by atoms with E-state index in [1.807, 2.05) is 61.2 Å². The molecular formula is C26H29N3O3. The molecule has 0 aliphatic carbocycles. The van der Waals surface area contributed by atoms with Crippen molar-refractivity contribution in [3.8, 4) is 0 Å². The molecule has 1 saturated heterocycles. The second-order valence-electron chi connectivity index (χ2n) is 8.93. The standard InChI is InChI=1S/C26H29N3O3/c1-17(2)32-14-8-13-28-16-23(30)29-22(26(28)31)15-20-19-11-6-7-12-21(19)27-24(20)25(29)18-9-4-3-5-10-18/h3-7,9-12,17,22,25,27H,8,13-16H2,1-2H3/t22-,25-/m0/s1. The molecule has 2 aliphatic rings. The highest BCUT2D eigenvalue weighted by Crippen LogP contribution is 2.42. The van der Waals surface area contributed by atoms with Gasteiger partial charge in [0.2, 0.25) is 11.8 Å². The number of amides is 2. The van der Waals surface area contributed by atoms with Gasteiger partial charge in [-0.15, -0.1) is 0 Å². The Balaban J connectivity index is 1.51. The fourth-order valence-electron chi connectivity index (χ4n) is 5.07. The SMILES string of the molecule is CC(C)OCCCN1CC(=O)N2[C@@H](c3ccccc3)c3[nH]c4ccccc4c3C[C@H]2C1=O. The lowest BCUT2D eigenvalue weighted by atomic mass is 9.86. The van der Waals surface area contributed by atoms with Crippen LogP contribution in [0.25, 0.3) is 10.9 Å². The van der Waals surface area contributed by atoms with Crippen LogP contribution in [-0.4, -0.2) is 58.4 Å². The van der Waals surface area contributed by atoms with Gasteiger partial charge in [-0.2, -0.15) is 0 Å². The first kappa shape index (κ1) is 20.8. The molecule has 0 radical (unpaired) electrons. The number of aromatic nitrogens is 1. The van der Waals surface area contributed by atoms with Gasteiger partial charge >= 0.3 is 0 Å². The summed E-state index contributed by atoms with van der Waals surface area (Å²) in [5.74, 6) is 0.0311. The molecule has 3 aromatic rings. The molecule has 166 valence electrons. The van der Waals surface area contributed by atoms with Crippen LogP contribution < -0.4 is 0 Å². The van der Waals surface area contributed by atoms with E-state index in [0.29, 0.717) is 19.6 Å². The highest BCUT2D eigenvalue weighted by atomic mass is 16.5. The fraction of sp³-hybridized carbons (Fsp3) is 0.385. The van der Waals surface area contributed by atoms with Gasteiger partial charge in [-0.05, 0) is 37.5 Å². The number of benzene rings is 2. The van der Waals surface area contributed by atoms with Gasteiger partial charge in [-0.1, -0.05) is 48.5 Å². The summed E-state index contributed by atoms with van der Waals surface area (Å²) < 4.78 is 5.62. The highest BCUT2D eigenvalue weighted by molar-refractivity contribution is 5.97. The van der Waals surface area contributed by atoms with E-state index in [1.165, 1.54) is 0 Å². The van der Waals surface area contributed by atoms with Crippen LogP contribution in [0.2, 0.25) is 0 Å². The van der Waals surface area contributed by atoms with Crippen LogP contribution in [0, 0.1) is 0 Å². The molecule has 2 aliphatic heterocycles. The molecule has 6 heteroatoms. The monoisotopic (exact) mass is 431 g/mol. The molecule has 2 atom stereocenters. The maximum Gasteiger partial charge on any atom is 0.246 e. The fourth-order valence-corrected chi connectivity index (χ4v) is 5.07. The summed E-state index contributed by atoms with van der Waals surface area (Å²) in [4.78, 5) is 34.1. The number of H-pyrrole nitrogens is 1. The Bertz CT molecular complexity index is 1140. The van der Waals surface area contributed by atoms with Crippen LogP contribution >= 0.6 is 0 Å². The molecule has 6 nitrogen and oxygen atoms in total. The Labute approximate surface area is 188 Å². The van der Waals surface area contributed by atoms with E-state index in [9.17, 15) is 9.59 Å². The molecule has 1 fully saturated rings. The van der Waals surface area contributed by atoms with Gasteiger partial charge in [-0.3, -0.25) is 9.59 Å². The maximum atomic E-state index is 13.6. The molecule has 0 bridgehead atoms. The number of nitrogens with zero attached hydrogens (tertiary/aromatic N) is 2. The summed E-state index contributed by atoms with van der Waals surface area (Å²) >= 11 is 0. The van der Waals surface area contributed by atoms with E-state index < -0.39 is 6.04 Å². The molecular weight excluding hydrogens is 402 g/mol. The Morgan fingerprint density at radius 2 is 1.81 bits per heavy atom. The molecule has 1 aromatic heterocycles. The normalized spacial score (nSPS) is 20.7. The molecule has 3 heterocycles. The Kier molecular flexibility index (Phi) is 5.47. The summed E-state index contributed by atoms with van der Waals surface area (Å²) in [6.45, 7) is 5.24. The van der Waals surface area contributed by atoms with E-state index in [-0.39, 0.29) is 30.5 Å². The number of ether oxygens (including phenoxy) is 1. The van der Waals surface area contributed by atoms with Crippen LogP contribution in [0.5, 0.6) is 0 Å². The predicted molar refractivity (Wildman–Crippen MR) is 123 cm³/mol. The van der Waals surface area contributed by atoms with Crippen molar-refractivity contribution in [2.24, 2.45) is 0 Å². The first-order chi connectivity index (χ1) is 15.5. The Morgan fingerprint density at radius 1 is 1.06 bits per heavy atom. The number of para-hydroxylation sites is 1. The lowest BCUT2D eigenvalue weighted by molar-refractivity contribution is -0.158. The van der Waals surface area contributed by atoms with Crippen molar-refractivity contribution >= 4 is 22.7 Å². The molecule has 0 spiro atoms. The van der Waals surface area contributed by atoms with Crippen LogP contribution in [0.1, 0.15) is 43.1 Å². The number of fused-ring (bicyclic) bond motifs is 4.